The van der Waals surface area contributed by atoms with Gasteiger partial charge >= 0.3 is 0 Å². The zero-order chi connectivity index (χ0) is 41.5. The Kier molecular flexibility index (Phi) is 8.64. The second kappa shape index (κ2) is 12.9. The number of rotatable bonds is 3. The van der Waals surface area contributed by atoms with Gasteiger partial charge in [0.1, 0.15) is 0 Å². The third-order valence-electron chi connectivity index (χ3n) is 12.9. The Bertz CT molecular complexity index is 2650. The van der Waals surface area contributed by atoms with Gasteiger partial charge in [-0.2, -0.15) is 0 Å². The highest BCUT2D eigenvalue weighted by atomic mass is 32.1. The first-order valence-corrected chi connectivity index (χ1v) is 22.0. The molecule has 3 aliphatic heterocycles. The molecule has 4 nitrogen and oxygen atoms in total. The van der Waals surface area contributed by atoms with Gasteiger partial charge in [0.25, 0.3) is 6.71 Å². The Morgan fingerprint density at radius 3 is 1.59 bits per heavy atom. The summed E-state index contributed by atoms with van der Waals surface area (Å²) in [7, 11) is 0. The predicted molar refractivity (Wildman–Crippen MR) is 251 cm³/mol. The van der Waals surface area contributed by atoms with Crippen LogP contribution in [0.2, 0.25) is 0 Å². The van der Waals surface area contributed by atoms with Gasteiger partial charge in [-0.25, -0.2) is 0 Å². The fourth-order valence-corrected chi connectivity index (χ4v) is 10.9. The van der Waals surface area contributed by atoms with Gasteiger partial charge in [0, 0.05) is 27.8 Å². The van der Waals surface area contributed by atoms with Crippen LogP contribution in [0.25, 0.3) is 10.1 Å². The van der Waals surface area contributed by atoms with Crippen molar-refractivity contribution >= 4 is 78.0 Å². The molecule has 298 valence electrons. The smallest absolute Gasteiger partial charge is 0.254 e. The number of aryl methyl sites for hydroxylation is 4. The number of benzene rings is 5. The summed E-state index contributed by atoms with van der Waals surface area (Å²) in [6, 6.07) is 26.5. The summed E-state index contributed by atoms with van der Waals surface area (Å²) < 4.78 is 13.7. The molecule has 0 radical (unpaired) electrons. The van der Waals surface area contributed by atoms with Crippen LogP contribution in [-0.4, -0.2) is 13.5 Å². The van der Waals surface area contributed by atoms with Gasteiger partial charge in [0.2, 0.25) is 6.79 Å². The van der Waals surface area contributed by atoms with Crippen molar-refractivity contribution in [1.29, 1.82) is 0 Å². The lowest BCUT2D eigenvalue weighted by molar-refractivity contribution is 0.174. The lowest BCUT2D eigenvalue weighted by atomic mass is 9.33. The van der Waals surface area contributed by atoms with Crippen molar-refractivity contribution in [3.05, 3.63) is 111 Å². The van der Waals surface area contributed by atoms with E-state index >= 15 is 0 Å². The number of nitrogens with zero attached hydrogens (tertiary/aromatic N) is 2. The molecule has 0 fully saturated rings. The molecule has 3 aliphatic rings. The van der Waals surface area contributed by atoms with Crippen molar-refractivity contribution in [1.82, 2.24) is 0 Å². The van der Waals surface area contributed by atoms with Crippen molar-refractivity contribution in [2.75, 3.05) is 16.6 Å². The zero-order valence-corrected chi connectivity index (χ0v) is 38.1. The molecule has 0 bridgehead atoms. The number of hydrogen-bond acceptors (Lipinski definition) is 5. The minimum absolute atomic E-state index is 0.00407. The van der Waals surface area contributed by atoms with Crippen LogP contribution < -0.4 is 35.7 Å². The molecule has 1 aromatic heterocycles. The zero-order valence-electron chi connectivity index (χ0n) is 37.3. The van der Waals surface area contributed by atoms with Gasteiger partial charge in [-0.3, -0.25) is 0 Å². The van der Waals surface area contributed by atoms with E-state index in [0.29, 0.717) is 5.92 Å². The van der Waals surface area contributed by atoms with Crippen molar-refractivity contribution in [2.24, 2.45) is 0 Å². The summed E-state index contributed by atoms with van der Waals surface area (Å²) in [5.41, 5.74) is 20.8. The standard InChI is InChI=1S/C52H59BN2O2S/c1-28(2)33-22-40-46-41(23-33)55(48-31(5)20-36(21-32(48)6)52(13,14)15)49-45(37-24-34(50(7,8)9)16-17-44(37)58-49)53(46)38-25-42-43(57-27-56-42)26-39(38)54(40)47-29(3)18-35(19-30(47)4)51(10,11)12/h16-26,28H,27H2,1-15H3. The molecule has 0 N–H and O–H groups in total. The SMILES string of the molecule is Cc1cc(C(C)(C)C)cc(C)c1N1c2cc3c(cc2B2c4c1cc(C(C)C)cc4N(c1c(C)cc(C(C)(C)C)cc1C)c1sc4ccc(C(C)(C)C)cc4c12)OCO3. The Balaban J connectivity index is 1.45. The van der Waals surface area contributed by atoms with E-state index in [0.717, 1.165) is 17.2 Å². The lowest BCUT2D eigenvalue weighted by Gasteiger charge is -2.45. The number of thiophene rings is 1. The molecule has 6 aromatic rings. The minimum Gasteiger partial charge on any atom is -0.454 e. The highest BCUT2D eigenvalue weighted by molar-refractivity contribution is 7.26. The Labute approximate surface area is 351 Å². The largest absolute Gasteiger partial charge is 0.454 e. The van der Waals surface area contributed by atoms with Gasteiger partial charge in [0.15, 0.2) is 11.5 Å². The van der Waals surface area contributed by atoms with Crippen LogP contribution in [0.1, 0.15) is 127 Å². The Hall–Kier alpha value is -4.68. The summed E-state index contributed by atoms with van der Waals surface area (Å²) in [4.78, 5) is 5.24. The van der Waals surface area contributed by atoms with Crippen LogP contribution >= 0.6 is 11.3 Å². The number of hydrogen-bond donors (Lipinski definition) is 0. The molecule has 58 heavy (non-hydrogen) atoms. The quantitative estimate of drug-likeness (QED) is 0.167. The fourth-order valence-electron chi connectivity index (χ4n) is 9.67. The molecule has 0 saturated heterocycles. The third-order valence-corrected chi connectivity index (χ3v) is 14.1. The van der Waals surface area contributed by atoms with Crippen LogP contribution in [0.4, 0.5) is 33.4 Å². The van der Waals surface area contributed by atoms with E-state index < -0.39 is 0 Å². The van der Waals surface area contributed by atoms with E-state index in [-0.39, 0.29) is 29.8 Å². The molecule has 0 amide bonds. The van der Waals surface area contributed by atoms with Crippen molar-refractivity contribution in [2.45, 2.75) is 126 Å². The maximum atomic E-state index is 6.22. The van der Waals surface area contributed by atoms with E-state index in [4.69, 9.17) is 9.47 Å². The second-order valence-corrected chi connectivity index (χ2v) is 21.7. The first-order chi connectivity index (χ1) is 27.1. The van der Waals surface area contributed by atoms with Crippen LogP contribution in [0.3, 0.4) is 0 Å². The minimum atomic E-state index is -0.0221. The van der Waals surface area contributed by atoms with Crippen LogP contribution in [0, 0.1) is 27.7 Å². The molecule has 4 heterocycles. The average Bonchev–Trinajstić information content (AvgIpc) is 3.74. The summed E-state index contributed by atoms with van der Waals surface area (Å²) in [6.07, 6.45) is 0. The van der Waals surface area contributed by atoms with Gasteiger partial charge < -0.3 is 19.3 Å². The summed E-state index contributed by atoms with van der Waals surface area (Å²) >= 11 is 1.94. The maximum Gasteiger partial charge on any atom is 0.254 e. The van der Waals surface area contributed by atoms with E-state index in [1.807, 2.05) is 11.3 Å². The van der Waals surface area contributed by atoms with Gasteiger partial charge in [-0.1, -0.05) is 113 Å². The molecule has 0 unspecified atom stereocenters. The maximum absolute atomic E-state index is 6.22. The fraction of sp³-hybridized carbons (Fsp3) is 0.385. The van der Waals surface area contributed by atoms with Crippen LogP contribution in [-0.2, 0) is 16.2 Å². The molecule has 0 spiro atoms. The summed E-state index contributed by atoms with van der Waals surface area (Å²) in [5, 5.41) is 2.65. The van der Waals surface area contributed by atoms with Crippen molar-refractivity contribution < 1.29 is 9.47 Å². The topological polar surface area (TPSA) is 24.9 Å². The molecule has 0 atom stereocenters. The Morgan fingerprint density at radius 2 is 1.07 bits per heavy atom. The summed E-state index contributed by atoms with van der Waals surface area (Å²) in [5.74, 6) is 1.94. The number of fused-ring (bicyclic) bond motifs is 7. The highest BCUT2D eigenvalue weighted by Gasteiger charge is 2.47. The second-order valence-electron chi connectivity index (χ2n) is 20.7. The molecule has 9 rings (SSSR count). The molecule has 0 aliphatic carbocycles. The van der Waals surface area contributed by atoms with E-state index in [2.05, 4.69) is 180 Å². The summed E-state index contributed by atoms with van der Waals surface area (Å²) in [6.45, 7) is 35.0. The average molecular weight is 787 g/mol. The van der Waals surface area contributed by atoms with Crippen molar-refractivity contribution in [3.63, 3.8) is 0 Å². The van der Waals surface area contributed by atoms with Crippen molar-refractivity contribution in [3.8, 4) is 11.5 Å². The predicted octanol–water partition coefficient (Wildman–Crippen LogP) is 13.0. The van der Waals surface area contributed by atoms with Crippen LogP contribution in [0.5, 0.6) is 11.5 Å². The lowest BCUT2D eigenvalue weighted by Crippen LogP contribution is -2.61. The number of anilines is 6. The van der Waals surface area contributed by atoms with Gasteiger partial charge in [-0.05, 0) is 140 Å². The molecule has 0 saturated carbocycles. The first kappa shape index (κ1) is 38.8. The highest BCUT2D eigenvalue weighted by Crippen LogP contribution is 2.52. The van der Waals surface area contributed by atoms with E-state index in [1.54, 1.807) is 0 Å². The van der Waals surface area contributed by atoms with E-state index in [9.17, 15) is 0 Å². The number of ether oxygens (including phenoxy) is 2. The Morgan fingerprint density at radius 1 is 0.569 bits per heavy atom. The van der Waals surface area contributed by atoms with Gasteiger partial charge in [0.05, 0.1) is 16.4 Å². The van der Waals surface area contributed by atoms with Crippen LogP contribution in [0.15, 0.2) is 66.7 Å². The van der Waals surface area contributed by atoms with Gasteiger partial charge in [-0.15, -0.1) is 11.3 Å². The van der Waals surface area contributed by atoms with E-state index in [1.165, 1.54) is 98.7 Å². The molecule has 6 heteroatoms. The first-order valence-electron chi connectivity index (χ1n) is 21.2. The molecular formula is C52H59BN2O2S. The third kappa shape index (κ3) is 5.91. The normalized spacial score (nSPS) is 14.7. The monoisotopic (exact) mass is 786 g/mol. The molecule has 5 aromatic carbocycles. The molecular weight excluding hydrogens is 727 g/mol.